The van der Waals surface area contributed by atoms with Crippen LogP contribution in [0.2, 0.25) is 0 Å². The van der Waals surface area contributed by atoms with Crippen LogP contribution in [0.25, 0.3) is 0 Å². The Morgan fingerprint density at radius 2 is 1.78 bits per heavy atom. The highest BCUT2D eigenvalue weighted by molar-refractivity contribution is 5.79. The fraction of sp³-hybridized carbons (Fsp3) is 0.480. The van der Waals surface area contributed by atoms with Crippen LogP contribution in [0.4, 0.5) is 0 Å². The fourth-order valence-corrected chi connectivity index (χ4v) is 4.04. The molecule has 7 heteroatoms. The number of nitrogens with one attached hydrogen (secondary N) is 2. The third-order valence-electron chi connectivity index (χ3n) is 5.91. The van der Waals surface area contributed by atoms with Gasteiger partial charge in [-0.05, 0) is 42.7 Å². The maximum Gasteiger partial charge on any atom is 0.191 e. The van der Waals surface area contributed by atoms with Crippen LogP contribution in [0.5, 0.6) is 11.5 Å². The lowest BCUT2D eigenvalue weighted by Crippen LogP contribution is -2.46. The van der Waals surface area contributed by atoms with Crippen molar-refractivity contribution < 1.29 is 14.2 Å². The van der Waals surface area contributed by atoms with Crippen LogP contribution in [-0.4, -0.2) is 65.0 Å². The summed E-state index contributed by atoms with van der Waals surface area (Å²) in [6, 6.07) is 12.8. The Labute approximate surface area is 191 Å². The Morgan fingerprint density at radius 1 is 1.03 bits per heavy atom. The normalized spacial score (nSPS) is 15.8. The number of aryl methyl sites for hydroxylation is 2. The first-order valence-electron chi connectivity index (χ1n) is 11.1. The number of hydrogen-bond acceptors (Lipinski definition) is 5. The second-order valence-corrected chi connectivity index (χ2v) is 8.02. The lowest BCUT2D eigenvalue weighted by molar-refractivity contribution is 0.0169. The van der Waals surface area contributed by atoms with Gasteiger partial charge in [-0.15, -0.1) is 0 Å². The predicted octanol–water partition coefficient (Wildman–Crippen LogP) is 3.06. The van der Waals surface area contributed by atoms with E-state index in [0.29, 0.717) is 6.54 Å². The summed E-state index contributed by atoms with van der Waals surface area (Å²) in [5.41, 5.74) is 4.99. The third-order valence-corrected chi connectivity index (χ3v) is 5.91. The number of nitrogens with zero attached hydrogens (tertiary/aromatic N) is 2. The summed E-state index contributed by atoms with van der Waals surface area (Å²) in [4.78, 5) is 6.87. The SMILES string of the molecule is CN=C(NCc1ccc(C)cc1C)NCC(c1ccc(OC)c(OC)c1)N1CCOCC1. The van der Waals surface area contributed by atoms with Gasteiger partial charge >= 0.3 is 0 Å². The molecule has 2 aromatic rings. The van der Waals surface area contributed by atoms with E-state index in [4.69, 9.17) is 14.2 Å². The number of hydrogen-bond donors (Lipinski definition) is 2. The molecule has 1 aliphatic heterocycles. The molecule has 1 unspecified atom stereocenters. The van der Waals surface area contributed by atoms with E-state index in [1.54, 1.807) is 21.3 Å². The molecule has 1 saturated heterocycles. The van der Waals surface area contributed by atoms with E-state index in [-0.39, 0.29) is 6.04 Å². The first-order valence-corrected chi connectivity index (χ1v) is 11.1. The number of methoxy groups -OCH3 is 2. The third kappa shape index (κ3) is 6.14. The van der Waals surface area contributed by atoms with Gasteiger partial charge in [0.25, 0.3) is 0 Å². The molecule has 1 fully saturated rings. The Hall–Kier alpha value is -2.77. The van der Waals surface area contributed by atoms with Crippen molar-refractivity contribution in [2.24, 2.45) is 4.99 Å². The van der Waals surface area contributed by atoms with Gasteiger partial charge in [0.15, 0.2) is 17.5 Å². The lowest BCUT2D eigenvalue weighted by atomic mass is 10.0. The predicted molar refractivity (Wildman–Crippen MR) is 129 cm³/mol. The van der Waals surface area contributed by atoms with Gasteiger partial charge in [-0.3, -0.25) is 9.89 Å². The Bertz CT molecular complexity index is 910. The van der Waals surface area contributed by atoms with Crippen molar-refractivity contribution in [2.45, 2.75) is 26.4 Å². The number of morpholine rings is 1. The topological polar surface area (TPSA) is 67.4 Å². The Morgan fingerprint density at radius 3 is 2.44 bits per heavy atom. The van der Waals surface area contributed by atoms with Crippen LogP contribution in [-0.2, 0) is 11.3 Å². The zero-order chi connectivity index (χ0) is 22.9. The molecule has 2 N–H and O–H groups in total. The zero-order valence-electron chi connectivity index (χ0n) is 19.9. The van der Waals surface area contributed by atoms with Crippen molar-refractivity contribution in [3.63, 3.8) is 0 Å². The molecule has 0 aliphatic carbocycles. The van der Waals surface area contributed by atoms with Crippen LogP contribution in [0.15, 0.2) is 41.4 Å². The number of ether oxygens (including phenoxy) is 3. The first kappa shape index (κ1) is 23.9. The van der Waals surface area contributed by atoms with Gasteiger partial charge < -0.3 is 24.8 Å². The summed E-state index contributed by atoms with van der Waals surface area (Å²) in [5, 5.41) is 6.96. The minimum Gasteiger partial charge on any atom is -0.493 e. The van der Waals surface area contributed by atoms with Gasteiger partial charge in [-0.1, -0.05) is 29.8 Å². The molecule has 0 aromatic heterocycles. The minimum absolute atomic E-state index is 0.151. The summed E-state index contributed by atoms with van der Waals surface area (Å²) in [6.07, 6.45) is 0. The van der Waals surface area contributed by atoms with Crippen LogP contribution >= 0.6 is 0 Å². The highest BCUT2D eigenvalue weighted by atomic mass is 16.5. The molecule has 2 aromatic carbocycles. The quantitative estimate of drug-likeness (QED) is 0.486. The van der Waals surface area contributed by atoms with Crippen molar-refractivity contribution in [3.05, 3.63) is 58.7 Å². The molecule has 174 valence electrons. The number of aliphatic imine (C=N–C) groups is 1. The van der Waals surface area contributed by atoms with E-state index in [1.165, 1.54) is 22.3 Å². The molecule has 1 atom stereocenters. The highest BCUT2D eigenvalue weighted by Gasteiger charge is 2.24. The lowest BCUT2D eigenvalue weighted by Gasteiger charge is -2.35. The van der Waals surface area contributed by atoms with Crippen molar-refractivity contribution in [1.82, 2.24) is 15.5 Å². The van der Waals surface area contributed by atoms with E-state index < -0.39 is 0 Å². The standard InChI is InChI=1S/C25H36N4O3/c1-18-6-7-21(19(2)14-18)16-27-25(26-3)28-17-22(29-10-12-32-13-11-29)20-8-9-23(30-4)24(15-20)31-5/h6-9,14-15,22H,10-13,16-17H2,1-5H3,(H2,26,27,28). The van der Waals surface area contributed by atoms with Gasteiger partial charge in [0.1, 0.15) is 0 Å². The van der Waals surface area contributed by atoms with Crippen molar-refractivity contribution >= 4 is 5.96 Å². The molecule has 1 heterocycles. The van der Waals surface area contributed by atoms with E-state index in [9.17, 15) is 0 Å². The number of guanidine groups is 1. The summed E-state index contributed by atoms with van der Waals surface area (Å²) < 4.78 is 16.5. The van der Waals surface area contributed by atoms with Crippen molar-refractivity contribution in [1.29, 1.82) is 0 Å². The average molecular weight is 441 g/mol. The molecule has 0 spiro atoms. The first-order chi connectivity index (χ1) is 15.5. The van der Waals surface area contributed by atoms with Gasteiger partial charge in [0, 0.05) is 33.2 Å². The molecule has 0 bridgehead atoms. The molecule has 1 aliphatic rings. The monoisotopic (exact) mass is 440 g/mol. The van der Waals surface area contributed by atoms with Gasteiger partial charge in [0.05, 0.1) is 33.5 Å². The van der Waals surface area contributed by atoms with Crippen LogP contribution in [0.1, 0.15) is 28.3 Å². The van der Waals surface area contributed by atoms with E-state index >= 15 is 0 Å². The summed E-state index contributed by atoms with van der Waals surface area (Å²) in [7, 11) is 5.13. The summed E-state index contributed by atoms with van der Waals surface area (Å²) in [6.45, 7) is 8.94. The summed E-state index contributed by atoms with van der Waals surface area (Å²) in [5.74, 6) is 2.25. The molecule has 3 rings (SSSR count). The molecular formula is C25H36N4O3. The van der Waals surface area contributed by atoms with Gasteiger partial charge in [-0.25, -0.2) is 0 Å². The minimum atomic E-state index is 0.151. The zero-order valence-corrected chi connectivity index (χ0v) is 19.9. The van der Waals surface area contributed by atoms with Crippen molar-refractivity contribution in [3.8, 4) is 11.5 Å². The van der Waals surface area contributed by atoms with Crippen LogP contribution in [0.3, 0.4) is 0 Å². The molecule has 7 nitrogen and oxygen atoms in total. The largest absolute Gasteiger partial charge is 0.493 e. The Balaban J connectivity index is 1.71. The van der Waals surface area contributed by atoms with E-state index in [0.717, 1.165) is 50.3 Å². The number of benzene rings is 2. The van der Waals surface area contributed by atoms with E-state index in [1.807, 2.05) is 6.07 Å². The second kappa shape index (κ2) is 11.7. The second-order valence-electron chi connectivity index (χ2n) is 8.02. The molecule has 0 radical (unpaired) electrons. The van der Waals surface area contributed by atoms with Crippen molar-refractivity contribution in [2.75, 3.05) is 54.1 Å². The maximum absolute atomic E-state index is 5.58. The van der Waals surface area contributed by atoms with Crippen LogP contribution in [0, 0.1) is 13.8 Å². The molecule has 32 heavy (non-hydrogen) atoms. The van der Waals surface area contributed by atoms with Crippen LogP contribution < -0.4 is 20.1 Å². The molecule has 0 saturated carbocycles. The highest BCUT2D eigenvalue weighted by Crippen LogP contribution is 2.32. The number of rotatable bonds is 8. The summed E-state index contributed by atoms with van der Waals surface area (Å²) >= 11 is 0. The molecular weight excluding hydrogens is 404 g/mol. The van der Waals surface area contributed by atoms with Gasteiger partial charge in [0.2, 0.25) is 0 Å². The average Bonchev–Trinajstić information content (AvgIpc) is 2.82. The Kier molecular flexibility index (Phi) is 8.76. The van der Waals surface area contributed by atoms with E-state index in [2.05, 4.69) is 64.7 Å². The van der Waals surface area contributed by atoms with Gasteiger partial charge in [-0.2, -0.15) is 0 Å². The molecule has 0 amide bonds. The smallest absolute Gasteiger partial charge is 0.191 e. The maximum atomic E-state index is 5.58. The fourth-order valence-electron chi connectivity index (χ4n) is 4.04.